The smallest absolute Gasteiger partial charge is 0.269 e. The Hall–Kier alpha value is -4.04. The standard InChI is InChI=1S/C25H21BrFN5O6S/c1-15-28-29-25(31(15)19-8-6-18(27)7-9-19)39-23(13-30(33)34)17-11-21(26)24(22(12-17)37-2)38-14-16-4-3-5-20(10-16)32(35)36/h3-12,23H,13-14H2,1-2H3/t23-/m0/s1. The van der Waals surface area contributed by atoms with Gasteiger partial charge in [0.15, 0.2) is 16.7 Å². The van der Waals surface area contributed by atoms with Crippen molar-refractivity contribution in [3.8, 4) is 17.2 Å². The summed E-state index contributed by atoms with van der Waals surface area (Å²) < 4.78 is 27.1. The van der Waals surface area contributed by atoms with Gasteiger partial charge in [0.05, 0.1) is 16.5 Å². The van der Waals surface area contributed by atoms with Crippen molar-refractivity contribution >= 4 is 33.4 Å². The second kappa shape index (κ2) is 12.2. The van der Waals surface area contributed by atoms with Gasteiger partial charge in [-0.05, 0) is 70.4 Å². The number of halogens is 2. The van der Waals surface area contributed by atoms with Crippen LogP contribution >= 0.6 is 27.7 Å². The number of nitro benzene ring substituents is 1. The third-order valence-electron chi connectivity index (χ3n) is 5.57. The molecule has 0 saturated carbocycles. The average Bonchev–Trinajstić information content (AvgIpc) is 3.27. The van der Waals surface area contributed by atoms with Crippen LogP contribution < -0.4 is 9.47 Å². The average molecular weight is 618 g/mol. The van der Waals surface area contributed by atoms with Gasteiger partial charge in [-0.2, -0.15) is 0 Å². The van der Waals surface area contributed by atoms with Crippen LogP contribution in [0.4, 0.5) is 10.1 Å². The van der Waals surface area contributed by atoms with Crippen LogP contribution in [0.2, 0.25) is 0 Å². The monoisotopic (exact) mass is 617 g/mol. The number of aromatic nitrogens is 3. The van der Waals surface area contributed by atoms with Crippen molar-refractivity contribution in [2.24, 2.45) is 0 Å². The van der Waals surface area contributed by atoms with Gasteiger partial charge in [-0.3, -0.25) is 24.8 Å². The molecule has 0 aliphatic carbocycles. The van der Waals surface area contributed by atoms with E-state index in [4.69, 9.17) is 9.47 Å². The van der Waals surface area contributed by atoms with Crippen LogP contribution in [0.25, 0.3) is 5.69 Å². The van der Waals surface area contributed by atoms with Crippen molar-refractivity contribution < 1.29 is 23.7 Å². The lowest BCUT2D eigenvalue weighted by atomic mass is 10.1. The van der Waals surface area contributed by atoms with Gasteiger partial charge in [0.2, 0.25) is 6.54 Å². The van der Waals surface area contributed by atoms with Crippen LogP contribution in [0, 0.1) is 33.0 Å². The third kappa shape index (κ3) is 6.70. The molecule has 202 valence electrons. The van der Waals surface area contributed by atoms with Crippen molar-refractivity contribution in [3.63, 3.8) is 0 Å². The molecular formula is C25H21BrFN5O6S. The molecule has 39 heavy (non-hydrogen) atoms. The number of thioether (sulfide) groups is 1. The van der Waals surface area contributed by atoms with Gasteiger partial charge in [-0.25, -0.2) is 4.39 Å². The minimum absolute atomic E-state index is 0.0309. The number of nitrogens with zero attached hydrogens (tertiary/aromatic N) is 5. The number of benzene rings is 3. The summed E-state index contributed by atoms with van der Waals surface area (Å²) in [6, 6.07) is 15.2. The highest BCUT2D eigenvalue weighted by Gasteiger charge is 2.26. The van der Waals surface area contributed by atoms with Crippen molar-refractivity contribution in [1.82, 2.24) is 14.8 Å². The topological polar surface area (TPSA) is 135 Å². The highest BCUT2D eigenvalue weighted by atomic mass is 79.9. The minimum atomic E-state index is -0.696. The van der Waals surface area contributed by atoms with Crippen LogP contribution in [-0.4, -0.2) is 38.3 Å². The molecule has 0 N–H and O–H groups in total. The van der Waals surface area contributed by atoms with E-state index < -0.39 is 27.5 Å². The summed E-state index contributed by atoms with van der Waals surface area (Å²) in [6.45, 7) is 1.34. The Balaban J connectivity index is 1.64. The predicted molar refractivity (Wildman–Crippen MR) is 145 cm³/mol. The molecule has 1 heterocycles. The number of non-ortho nitro benzene ring substituents is 1. The fourth-order valence-corrected chi connectivity index (χ4v) is 5.49. The van der Waals surface area contributed by atoms with E-state index in [9.17, 15) is 24.6 Å². The van der Waals surface area contributed by atoms with E-state index in [1.54, 1.807) is 47.9 Å². The number of aryl methyl sites for hydroxylation is 1. The lowest BCUT2D eigenvalue weighted by Crippen LogP contribution is -2.12. The van der Waals surface area contributed by atoms with Gasteiger partial charge < -0.3 is 9.47 Å². The molecule has 14 heteroatoms. The largest absolute Gasteiger partial charge is 0.493 e. The van der Waals surface area contributed by atoms with E-state index in [1.807, 2.05) is 0 Å². The van der Waals surface area contributed by atoms with Gasteiger partial charge in [-0.15, -0.1) is 10.2 Å². The molecule has 0 radical (unpaired) electrons. The molecule has 4 rings (SSSR count). The number of hydrogen-bond donors (Lipinski definition) is 0. The molecule has 1 atom stereocenters. The Bertz CT molecular complexity index is 1520. The van der Waals surface area contributed by atoms with Crippen molar-refractivity contribution in [1.29, 1.82) is 0 Å². The maximum Gasteiger partial charge on any atom is 0.269 e. The quantitative estimate of drug-likeness (QED) is 0.111. The van der Waals surface area contributed by atoms with Crippen LogP contribution in [0.15, 0.2) is 70.3 Å². The summed E-state index contributed by atoms with van der Waals surface area (Å²) in [5.74, 6) is 0.792. The summed E-state index contributed by atoms with van der Waals surface area (Å²) in [6.07, 6.45) is 0. The summed E-state index contributed by atoms with van der Waals surface area (Å²) in [4.78, 5) is 21.8. The summed E-state index contributed by atoms with van der Waals surface area (Å²) in [5.41, 5.74) is 1.71. The van der Waals surface area contributed by atoms with E-state index in [0.717, 1.165) is 11.8 Å². The number of ether oxygens (including phenoxy) is 2. The maximum atomic E-state index is 13.5. The molecular weight excluding hydrogens is 597 g/mol. The van der Waals surface area contributed by atoms with Gasteiger partial charge in [0.1, 0.15) is 23.5 Å². The fraction of sp³-hybridized carbons (Fsp3) is 0.200. The summed E-state index contributed by atoms with van der Waals surface area (Å²) in [5, 5.41) is 30.7. The first-order valence-electron chi connectivity index (χ1n) is 11.4. The van der Waals surface area contributed by atoms with Gasteiger partial charge >= 0.3 is 0 Å². The molecule has 0 saturated heterocycles. The minimum Gasteiger partial charge on any atom is -0.493 e. The van der Waals surface area contributed by atoms with E-state index >= 15 is 0 Å². The van der Waals surface area contributed by atoms with E-state index in [2.05, 4.69) is 26.1 Å². The second-order valence-electron chi connectivity index (χ2n) is 8.21. The molecule has 11 nitrogen and oxygen atoms in total. The zero-order valence-corrected chi connectivity index (χ0v) is 23.0. The Morgan fingerprint density at radius 2 is 1.85 bits per heavy atom. The second-order valence-corrected chi connectivity index (χ2v) is 10.2. The summed E-state index contributed by atoms with van der Waals surface area (Å²) >= 11 is 4.61. The predicted octanol–water partition coefficient (Wildman–Crippen LogP) is 6.08. The number of nitro groups is 2. The number of rotatable bonds is 11. The third-order valence-corrected chi connectivity index (χ3v) is 7.34. The first kappa shape index (κ1) is 28.0. The molecule has 0 amide bonds. The molecule has 0 bridgehead atoms. The molecule has 0 unspecified atom stereocenters. The molecule has 0 spiro atoms. The Morgan fingerprint density at radius 3 is 2.51 bits per heavy atom. The van der Waals surface area contributed by atoms with Crippen molar-refractivity contribution in [3.05, 3.63) is 108 Å². The fourth-order valence-electron chi connectivity index (χ4n) is 3.76. The van der Waals surface area contributed by atoms with Crippen LogP contribution in [-0.2, 0) is 6.61 Å². The van der Waals surface area contributed by atoms with Gasteiger partial charge in [0, 0.05) is 22.7 Å². The molecule has 0 aliphatic rings. The highest BCUT2D eigenvalue weighted by Crippen LogP contribution is 2.43. The van der Waals surface area contributed by atoms with Crippen LogP contribution in [0.5, 0.6) is 11.5 Å². The van der Waals surface area contributed by atoms with Crippen LogP contribution in [0.1, 0.15) is 22.2 Å². The first-order chi connectivity index (χ1) is 18.7. The van der Waals surface area contributed by atoms with Crippen molar-refractivity contribution in [2.45, 2.75) is 23.9 Å². The van der Waals surface area contributed by atoms with Crippen LogP contribution in [0.3, 0.4) is 0 Å². The van der Waals surface area contributed by atoms with E-state index in [0.29, 0.717) is 43.8 Å². The maximum absolute atomic E-state index is 13.5. The zero-order chi connectivity index (χ0) is 28.1. The Labute approximate surface area is 234 Å². The number of methoxy groups -OCH3 is 1. The molecule has 0 fully saturated rings. The van der Waals surface area contributed by atoms with E-state index in [1.165, 1.54) is 31.4 Å². The van der Waals surface area contributed by atoms with Gasteiger partial charge in [-0.1, -0.05) is 23.9 Å². The summed E-state index contributed by atoms with van der Waals surface area (Å²) in [7, 11) is 1.44. The SMILES string of the molecule is COc1cc([C@H](C[N+](=O)[O-])Sc2nnc(C)n2-c2ccc(F)cc2)cc(Br)c1OCc1cccc([N+](=O)[O-])c1. The number of hydrogen-bond acceptors (Lipinski definition) is 9. The lowest BCUT2D eigenvalue weighted by Gasteiger charge is -2.18. The normalized spacial score (nSPS) is 11.7. The molecule has 4 aromatic rings. The highest BCUT2D eigenvalue weighted by molar-refractivity contribution is 9.10. The van der Waals surface area contributed by atoms with Crippen molar-refractivity contribution in [2.75, 3.05) is 13.7 Å². The van der Waals surface area contributed by atoms with Gasteiger partial charge in [0.25, 0.3) is 5.69 Å². The molecule has 3 aromatic carbocycles. The Morgan fingerprint density at radius 1 is 1.10 bits per heavy atom. The molecule has 1 aromatic heterocycles. The first-order valence-corrected chi connectivity index (χ1v) is 13.0. The molecule has 0 aliphatic heterocycles. The van der Waals surface area contributed by atoms with E-state index in [-0.39, 0.29) is 12.3 Å². The lowest BCUT2D eigenvalue weighted by molar-refractivity contribution is -0.479. The Kier molecular flexibility index (Phi) is 8.76. The zero-order valence-electron chi connectivity index (χ0n) is 20.6.